The van der Waals surface area contributed by atoms with E-state index >= 15 is 0 Å². The van der Waals surface area contributed by atoms with Crippen LogP contribution in [0, 0.1) is 0 Å². The van der Waals surface area contributed by atoms with Gasteiger partial charge in [0.05, 0.1) is 76.9 Å². The number of oxazole rings is 1. The van der Waals surface area contributed by atoms with Crippen LogP contribution in [0.4, 0.5) is 57.5 Å². The average Bonchev–Trinajstić information content (AvgIpc) is 3.93. The van der Waals surface area contributed by atoms with E-state index in [0.29, 0.717) is 11.6 Å². The Balaban J connectivity index is 1.13. The van der Waals surface area contributed by atoms with Crippen LogP contribution in [-0.2, 0) is 13.5 Å². The lowest BCUT2D eigenvalue weighted by atomic mass is 10.1. The van der Waals surface area contributed by atoms with Crippen molar-refractivity contribution in [2.24, 2.45) is 7.05 Å². The van der Waals surface area contributed by atoms with Crippen molar-refractivity contribution in [2.45, 2.75) is 6.42 Å². The van der Waals surface area contributed by atoms with E-state index < -0.39 is 8.96 Å². The Kier molecular flexibility index (Phi) is 6.93. The third-order valence-electron chi connectivity index (χ3n) is 11.0. The minimum absolute atomic E-state index is 0.466. The highest BCUT2D eigenvalue weighted by atomic mass is 28.3. The zero-order valence-corrected chi connectivity index (χ0v) is 31.6. The fourth-order valence-corrected chi connectivity index (χ4v) is 11.3. The molecule has 55 heavy (non-hydrogen) atoms. The van der Waals surface area contributed by atoms with Gasteiger partial charge in [-0.05, 0) is 58.9 Å². The number of aryl methyl sites for hydroxylation is 1. The fraction of sp³-hybridized carbons (Fsp3) is 0.0889. The number of fused-ring (bicyclic) bond motifs is 7. The Labute approximate surface area is 320 Å². The van der Waals surface area contributed by atoms with Crippen LogP contribution in [-0.4, -0.2) is 48.4 Å². The molecule has 6 heterocycles. The summed E-state index contributed by atoms with van der Waals surface area (Å²) in [5.74, 6) is 1.97. The molecule has 0 aliphatic carbocycles. The molecule has 10 heteroatoms. The van der Waals surface area contributed by atoms with E-state index in [4.69, 9.17) is 14.4 Å². The number of rotatable bonds is 5. The number of hydrogen-bond acceptors (Lipinski definition) is 7. The van der Waals surface area contributed by atoms with E-state index in [-0.39, 0.29) is 0 Å². The molecule has 1 radical (unpaired) electrons. The first kappa shape index (κ1) is 31.6. The number of nitrogens with one attached hydrogen (secondary N) is 1. The maximum Gasteiger partial charge on any atom is 0.309 e. The van der Waals surface area contributed by atoms with E-state index in [1.54, 1.807) is 0 Å². The van der Waals surface area contributed by atoms with Gasteiger partial charge < -0.3 is 19.2 Å². The van der Waals surface area contributed by atoms with Crippen molar-refractivity contribution in [3.8, 4) is 11.3 Å². The summed E-state index contributed by atoms with van der Waals surface area (Å²) in [7, 11) is 4.70. The van der Waals surface area contributed by atoms with E-state index in [2.05, 4.69) is 190 Å². The van der Waals surface area contributed by atoms with E-state index in [0.717, 1.165) is 68.8 Å². The van der Waals surface area contributed by atoms with Gasteiger partial charge in [0, 0.05) is 13.5 Å². The molecule has 3 aliphatic heterocycles. The van der Waals surface area contributed by atoms with Crippen LogP contribution in [0.2, 0.25) is 0 Å². The summed E-state index contributed by atoms with van der Waals surface area (Å²) in [6.07, 6.45) is 5.28. The summed E-state index contributed by atoms with van der Waals surface area (Å²) in [6.45, 7) is 0. The van der Waals surface area contributed by atoms with Gasteiger partial charge in [-0.3, -0.25) is 0 Å². The number of hydrogen-bond donors (Lipinski definition) is 1. The summed E-state index contributed by atoms with van der Waals surface area (Å²) >= 11 is 0. The molecule has 0 atom stereocenters. The molecular weight excluding hydrogens is 697 g/mol. The molecule has 11 rings (SSSR count). The van der Waals surface area contributed by atoms with Crippen LogP contribution >= 0.6 is 0 Å². The van der Waals surface area contributed by atoms with Gasteiger partial charge in [-0.1, -0.05) is 84.9 Å². The fourth-order valence-electron chi connectivity index (χ4n) is 8.54. The quantitative estimate of drug-likeness (QED) is 0.140. The molecule has 3 aromatic heterocycles. The second kappa shape index (κ2) is 12.1. The Hall–Kier alpha value is -6.91. The van der Waals surface area contributed by atoms with Crippen molar-refractivity contribution < 1.29 is 8.99 Å². The maximum absolute atomic E-state index is 6.89. The standard InChI is InChI=1S/C45H36N8OSi/c1-49-27-26-31-32(28-50(2)44(31)49)33-22-24-39-43(47-33)52(38-21-13-12-20-37(38)51(39)3)45-48-41-40(54-45)25-23-35-42(41)53(36-19-11-10-18-34(36)46-35)55(29-14-6-4-7-15-29)30-16-8-5-9-17-30/h4-25,27-28,46H,26H2,1-3H3/q+1. The Morgan fingerprint density at radius 1 is 0.691 bits per heavy atom. The van der Waals surface area contributed by atoms with Crippen molar-refractivity contribution >= 4 is 94.1 Å². The number of nitrogens with zero attached hydrogens (tertiary/aromatic N) is 7. The number of aromatic nitrogens is 3. The van der Waals surface area contributed by atoms with Crippen LogP contribution < -0.4 is 30.1 Å². The highest BCUT2D eigenvalue weighted by molar-refractivity contribution is 6.89. The summed E-state index contributed by atoms with van der Waals surface area (Å²) in [6, 6.07) is 47.6. The molecule has 0 saturated heterocycles. The van der Waals surface area contributed by atoms with Gasteiger partial charge in [0.15, 0.2) is 11.4 Å². The van der Waals surface area contributed by atoms with Gasteiger partial charge in [-0.2, -0.15) is 4.98 Å². The molecule has 0 fully saturated rings. The summed E-state index contributed by atoms with van der Waals surface area (Å²) < 4.78 is 13.8. The van der Waals surface area contributed by atoms with Gasteiger partial charge in [0.2, 0.25) is 8.96 Å². The summed E-state index contributed by atoms with van der Waals surface area (Å²) in [5.41, 5.74) is 11.9. The van der Waals surface area contributed by atoms with E-state index in [1.807, 2.05) is 6.07 Å². The Morgan fingerprint density at radius 3 is 2.15 bits per heavy atom. The largest absolute Gasteiger partial charge is 0.423 e. The van der Waals surface area contributed by atoms with Crippen LogP contribution in [0.25, 0.3) is 22.4 Å². The van der Waals surface area contributed by atoms with Gasteiger partial charge in [-0.15, -0.1) is 0 Å². The molecular formula is C45H36N8OSi+. The third kappa shape index (κ3) is 4.74. The molecule has 0 bridgehead atoms. The molecule has 8 aromatic rings. The lowest BCUT2D eigenvalue weighted by Gasteiger charge is -2.39. The monoisotopic (exact) mass is 732 g/mol. The average molecular weight is 733 g/mol. The van der Waals surface area contributed by atoms with Crippen LogP contribution in [0.1, 0.15) is 5.56 Å². The van der Waals surface area contributed by atoms with Gasteiger partial charge in [0.25, 0.3) is 5.82 Å². The Bertz CT molecular complexity index is 2810. The molecule has 0 spiro atoms. The third-order valence-corrected chi connectivity index (χ3v) is 13.7. The molecule has 0 unspecified atom stereocenters. The first-order chi connectivity index (χ1) is 27.0. The summed E-state index contributed by atoms with van der Waals surface area (Å²) in [4.78, 5) is 15.2. The molecule has 9 nitrogen and oxygen atoms in total. The van der Waals surface area contributed by atoms with Crippen molar-refractivity contribution in [3.05, 3.63) is 145 Å². The minimum Gasteiger partial charge on any atom is -0.423 e. The van der Waals surface area contributed by atoms with Gasteiger partial charge in [0.1, 0.15) is 11.7 Å². The topological polar surface area (TPSA) is 68.6 Å². The maximum atomic E-state index is 6.89. The first-order valence-corrected chi connectivity index (χ1v) is 19.9. The summed E-state index contributed by atoms with van der Waals surface area (Å²) in [5, 5.41) is 6.30. The second-order valence-corrected chi connectivity index (χ2v) is 16.5. The van der Waals surface area contributed by atoms with Crippen molar-refractivity contribution in [2.75, 3.05) is 33.8 Å². The number of para-hydroxylation sites is 4. The minimum atomic E-state index is -1.60. The number of pyridine rings is 1. The SMILES string of the molecule is CN1c2ccccc2N(c2nc3c4c(ccc3o2)Nc2ccccc2N4[Si](c2ccccc2)c2ccccc2)c2nc(-c3cn(C)c4c3CC=[N+]4C)ccc21. The predicted molar refractivity (Wildman–Crippen MR) is 224 cm³/mol. The lowest BCUT2D eigenvalue weighted by Crippen LogP contribution is -2.55. The molecule has 1 N–H and O–H groups in total. The highest BCUT2D eigenvalue weighted by Gasteiger charge is 2.38. The normalized spacial score (nSPS) is 14.0. The highest BCUT2D eigenvalue weighted by Crippen LogP contribution is 2.53. The molecule has 5 aromatic carbocycles. The van der Waals surface area contributed by atoms with Crippen LogP contribution in [0.3, 0.4) is 0 Å². The molecule has 0 saturated carbocycles. The molecule has 265 valence electrons. The van der Waals surface area contributed by atoms with Crippen molar-refractivity contribution in [3.63, 3.8) is 0 Å². The van der Waals surface area contributed by atoms with E-state index in [1.165, 1.54) is 21.8 Å². The number of anilines is 9. The Morgan fingerprint density at radius 2 is 1.38 bits per heavy atom. The van der Waals surface area contributed by atoms with Crippen molar-refractivity contribution in [1.82, 2.24) is 14.5 Å². The van der Waals surface area contributed by atoms with E-state index in [9.17, 15) is 0 Å². The van der Waals surface area contributed by atoms with Gasteiger partial charge >= 0.3 is 6.01 Å². The van der Waals surface area contributed by atoms with Crippen molar-refractivity contribution in [1.29, 1.82) is 0 Å². The molecule has 0 amide bonds. The second-order valence-electron chi connectivity index (χ2n) is 14.2. The van der Waals surface area contributed by atoms with Crippen LogP contribution in [0.15, 0.2) is 144 Å². The first-order valence-electron chi connectivity index (χ1n) is 18.5. The lowest BCUT2D eigenvalue weighted by molar-refractivity contribution is -0.403. The zero-order valence-electron chi connectivity index (χ0n) is 30.6. The molecule has 3 aliphatic rings. The number of benzene rings is 5. The predicted octanol–water partition coefficient (Wildman–Crippen LogP) is 8.68. The zero-order chi connectivity index (χ0) is 36.8. The van der Waals surface area contributed by atoms with Crippen LogP contribution in [0.5, 0.6) is 0 Å². The van der Waals surface area contributed by atoms with Gasteiger partial charge in [-0.25, -0.2) is 19.0 Å². The smallest absolute Gasteiger partial charge is 0.309 e.